The number of carbonyl (C=O) groups excluding carboxylic acids is 4. The fourth-order valence-electron chi connectivity index (χ4n) is 2.45. The number of hydrogen-bond donors (Lipinski definition) is 2. The zero-order valence-corrected chi connectivity index (χ0v) is 16.3. The molecule has 2 N–H and O–H groups in total. The number of esters is 3. The Morgan fingerprint density at radius 2 is 1.66 bits per heavy atom. The van der Waals surface area contributed by atoms with Gasteiger partial charge in [-0.25, -0.2) is 9.59 Å². The van der Waals surface area contributed by atoms with Crippen molar-refractivity contribution in [2.24, 2.45) is 5.92 Å². The van der Waals surface area contributed by atoms with Crippen molar-refractivity contribution in [1.29, 1.82) is 0 Å². The van der Waals surface area contributed by atoms with E-state index in [4.69, 9.17) is 9.47 Å². The molecule has 0 fully saturated rings. The molecule has 0 aliphatic rings. The summed E-state index contributed by atoms with van der Waals surface area (Å²) in [5, 5.41) is 11.7. The zero-order valence-electron chi connectivity index (χ0n) is 16.3. The van der Waals surface area contributed by atoms with Gasteiger partial charge in [-0.15, -0.1) is 0 Å². The van der Waals surface area contributed by atoms with Gasteiger partial charge in [0.15, 0.2) is 0 Å². The zero-order chi connectivity index (χ0) is 22.0. The number of carbonyl (C=O) groups is 5. The fourth-order valence-corrected chi connectivity index (χ4v) is 2.45. The van der Waals surface area contributed by atoms with Crippen LogP contribution in [-0.4, -0.2) is 61.3 Å². The molecule has 0 heterocycles. The number of carboxylic acids is 1. The smallest absolute Gasteiger partial charge is 0.337 e. The Bertz CT molecular complexity index is 775. The number of benzene rings is 1. The second-order valence-electron chi connectivity index (χ2n) is 5.73. The Morgan fingerprint density at radius 1 is 1.03 bits per heavy atom. The molecule has 0 saturated heterocycles. The summed E-state index contributed by atoms with van der Waals surface area (Å²) in [5.41, 5.74) is 0.0541. The molecule has 0 aromatic heterocycles. The van der Waals surface area contributed by atoms with E-state index in [1.807, 2.05) is 0 Å². The standard InChI is InChI=1S/C19H23NO9/c1-4-28-14(21)10-13(19(26)29-5-2)15(17(23)24)20-16(22)11-7-6-8-12(9-11)18(25)27-3/h6-9,13,15H,4-5,10H2,1-3H3,(H,20,22)(H,23,24)/t13-,15+/m0/s1. The molecule has 0 aliphatic heterocycles. The minimum atomic E-state index is -1.76. The number of rotatable bonds is 10. The highest BCUT2D eigenvalue weighted by molar-refractivity contribution is 6.00. The molecule has 0 aliphatic carbocycles. The average molecular weight is 409 g/mol. The minimum Gasteiger partial charge on any atom is -0.480 e. The normalized spacial score (nSPS) is 12.2. The van der Waals surface area contributed by atoms with Crippen molar-refractivity contribution >= 4 is 29.8 Å². The Kier molecular flexibility index (Phi) is 9.30. The van der Waals surface area contributed by atoms with Crippen LogP contribution in [0.1, 0.15) is 41.0 Å². The molecule has 1 amide bonds. The van der Waals surface area contributed by atoms with Crippen LogP contribution in [0.3, 0.4) is 0 Å². The number of methoxy groups -OCH3 is 1. The molecule has 0 unspecified atom stereocenters. The molecule has 10 heteroatoms. The first-order chi connectivity index (χ1) is 13.7. The summed E-state index contributed by atoms with van der Waals surface area (Å²) in [6.45, 7) is 3.08. The van der Waals surface area contributed by atoms with Gasteiger partial charge >= 0.3 is 23.9 Å². The molecule has 1 aromatic rings. The summed E-state index contributed by atoms with van der Waals surface area (Å²) in [6.07, 6.45) is -0.591. The Morgan fingerprint density at radius 3 is 2.21 bits per heavy atom. The van der Waals surface area contributed by atoms with Crippen molar-refractivity contribution in [2.45, 2.75) is 26.3 Å². The lowest BCUT2D eigenvalue weighted by molar-refractivity contribution is -0.159. The molecule has 1 rings (SSSR count). The number of ether oxygens (including phenoxy) is 3. The van der Waals surface area contributed by atoms with Crippen LogP contribution in [-0.2, 0) is 28.6 Å². The number of aliphatic carboxylic acids is 1. The van der Waals surface area contributed by atoms with Crippen molar-refractivity contribution < 1.29 is 43.3 Å². The molecular weight excluding hydrogens is 386 g/mol. The van der Waals surface area contributed by atoms with Gasteiger partial charge < -0.3 is 24.6 Å². The number of amides is 1. The molecule has 0 spiro atoms. The molecule has 0 saturated carbocycles. The highest BCUT2D eigenvalue weighted by Crippen LogP contribution is 2.15. The maximum atomic E-state index is 12.5. The highest BCUT2D eigenvalue weighted by Gasteiger charge is 2.38. The van der Waals surface area contributed by atoms with E-state index in [2.05, 4.69) is 10.1 Å². The molecule has 29 heavy (non-hydrogen) atoms. The molecule has 2 atom stereocenters. The van der Waals surface area contributed by atoms with Crippen LogP contribution >= 0.6 is 0 Å². The topological polar surface area (TPSA) is 145 Å². The summed E-state index contributed by atoms with van der Waals surface area (Å²) in [7, 11) is 1.18. The predicted octanol–water partition coefficient (Wildman–Crippen LogP) is 0.789. The number of nitrogens with one attached hydrogen (secondary N) is 1. The molecule has 10 nitrogen and oxygen atoms in total. The summed E-state index contributed by atoms with van der Waals surface area (Å²) in [4.78, 5) is 59.9. The van der Waals surface area contributed by atoms with E-state index in [1.54, 1.807) is 6.92 Å². The minimum absolute atomic E-state index is 0.0297. The van der Waals surface area contributed by atoms with Crippen LogP contribution in [0.5, 0.6) is 0 Å². The first-order valence-electron chi connectivity index (χ1n) is 8.79. The van der Waals surface area contributed by atoms with E-state index in [1.165, 1.54) is 38.3 Å². The fraction of sp³-hybridized carbons (Fsp3) is 0.421. The average Bonchev–Trinajstić information content (AvgIpc) is 2.70. The summed E-state index contributed by atoms with van der Waals surface area (Å²) < 4.78 is 14.2. The van der Waals surface area contributed by atoms with Crippen LogP contribution in [0.4, 0.5) is 0 Å². The number of carboxylic acid groups (broad SMARTS) is 1. The Hall–Kier alpha value is -3.43. The van der Waals surface area contributed by atoms with Gasteiger partial charge in [0.2, 0.25) is 0 Å². The second-order valence-corrected chi connectivity index (χ2v) is 5.73. The van der Waals surface area contributed by atoms with Crippen LogP contribution in [0.2, 0.25) is 0 Å². The summed E-state index contributed by atoms with van der Waals surface area (Å²) >= 11 is 0. The second kappa shape index (κ2) is 11.4. The first-order valence-corrected chi connectivity index (χ1v) is 8.79. The van der Waals surface area contributed by atoms with Gasteiger partial charge in [0.25, 0.3) is 5.91 Å². The van der Waals surface area contributed by atoms with Crippen molar-refractivity contribution in [3.63, 3.8) is 0 Å². The largest absolute Gasteiger partial charge is 0.480 e. The van der Waals surface area contributed by atoms with Crippen molar-refractivity contribution in [1.82, 2.24) is 5.32 Å². The quantitative estimate of drug-likeness (QED) is 0.423. The summed E-state index contributed by atoms with van der Waals surface area (Å²) in [6, 6.07) is 3.64. The van der Waals surface area contributed by atoms with Crippen LogP contribution in [0, 0.1) is 5.92 Å². The van der Waals surface area contributed by atoms with Gasteiger partial charge in [0.05, 0.1) is 38.2 Å². The first kappa shape index (κ1) is 23.6. The molecule has 1 aromatic carbocycles. The van der Waals surface area contributed by atoms with Crippen LogP contribution in [0.15, 0.2) is 24.3 Å². The Labute approximate surface area is 167 Å². The molecule has 158 valence electrons. The summed E-state index contributed by atoms with van der Waals surface area (Å²) in [5.74, 6) is -6.35. The molecular formula is C19H23NO9. The van der Waals surface area contributed by atoms with Gasteiger partial charge in [-0.1, -0.05) is 6.07 Å². The van der Waals surface area contributed by atoms with E-state index in [9.17, 15) is 29.1 Å². The van der Waals surface area contributed by atoms with E-state index >= 15 is 0 Å². The van der Waals surface area contributed by atoms with Gasteiger partial charge in [-0.05, 0) is 32.0 Å². The van der Waals surface area contributed by atoms with E-state index in [0.29, 0.717) is 0 Å². The molecule has 0 bridgehead atoms. The van der Waals surface area contributed by atoms with Gasteiger partial charge in [-0.2, -0.15) is 0 Å². The van der Waals surface area contributed by atoms with Gasteiger partial charge in [0, 0.05) is 5.56 Å². The third-order valence-corrected chi connectivity index (χ3v) is 3.78. The van der Waals surface area contributed by atoms with Crippen LogP contribution < -0.4 is 5.32 Å². The third kappa shape index (κ3) is 6.91. The number of hydrogen-bond acceptors (Lipinski definition) is 8. The van der Waals surface area contributed by atoms with Crippen molar-refractivity contribution in [3.8, 4) is 0 Å². The lowest BCUT2D eigenvalue weighted by Crippen LogP contribution is -2.49. The van der Waals surface area contributed by atoms with Crippen molar-refractivity contribution in [3.05, 3.63) is 35.4 Å². The van der Waals surface area contributed by atoms with E-state index < -0.39 is 48.2 Å². The van der Waals surface area contributed by atoms with E-state index in [-0.39, 0.29) is 24.3 Å². The maximum Gasteiger partial charge on any atom is 0.337 e. The highest BCUT2D eigenvalue weighted by atomic mass is 16.5. The third-order valence-electron chi connectivity index (χ3n) is 3.78. The SMILES string of the molecule is CCOC(=O)C[C@H](C(=O)OCC)[C@@H](NC(=O)c1cccc(C(=O)OC)c1)C(=O)O. The lowest BCUT2D eigenvalue weighted by Gasteiger charge is -2.23. The molecule has 0 radical (unpaired) electrons. The lowest BCUT2D eigenvalue weighted by atomic mass is 9.95. The van der Waals surface area contributed by atoms with Crippen LogP contribution in [0.25, 0.3) is 0 Å². The van der Waals surface area contributed by atoms with Crippen molar-refractivity contribution in [2.75, 3.05) is 20.3 Å². The monoisotopic (exact) mass is 409 g/mol. The van der Waals surface area contributed by atoms with E-state index in [0.717, 1.165) is 0 Å². The Balaban J connectivity index is 3.13. The maximum absolute atomic E-state index is 12.5. The predicted molar refractivity (Wildman–Crippen MR) is 98.0 cm³/mol. The van der Waals surface area contributed by atoms with Gasteiger partial charge in [-0.3, -0.25) is 14.4 Å². The van der Waals surface area contributed by atoms with Gasteiger partial charge in [0.1, 0.15) is 6.04 Å².